The average molecular weight is 419 g/mol. The van der Waals surface area contributed by atoms with Gasteiger partial charge in [-0.3, -0.25) is 9.59 Å². The van der Waals surface area contributed by atoms with Crippen molar-refractivity contribution in [2.75, 3.05) is 13.1 Å². The molecular weight excluding hydrogens is 394 g/mol. The Kier molecular flexibility index (Phi) is 4.12. The zero-order valence-electron chi connectivity index (χ0n) is 17.6. The van der Waals surface area contributed by atoms with Gasteiger partial charge in [0.1, 0.15) is 11.6 Å². The highest BCUT2D eigenvalue weighted by atomic mass is 16.2. The Hall–Kier alpha value is -3.23. The van der Waals surface area contributed by atoms with Crippen molar-refractivity contribution >= 4 is 5.91 Å². The van der Waals surface area contributed by atoms with Gasteiger partial charge in [0.05, 0.1) is 5.56 Å². The van der Waals surface area contributed by atoms with Gasteiger partial charge in [-0.05, 0) is 37.3 Å². The summed E-state index contributed by atoms with van der Waals surface area (Å²) in [7, 11) is 1.90. The maximum absolute atomic E-state index is 13.3. The molecule has 2 atom stereocenters. The minimum Gasteiger partial charge on any atom is -0.335 e. The van der Waals surface area contributed by atoms with Crippen LogP contribution in [-0.2, 0) is 26.6 Å². The van der Waals surface area contributed by atoms with E-state index in [-0.39, 0.29) is 23.3 Å². The molecule has 9 nitrogen and oxygen atoms in total. The van der Waals surface area contributed by atoms with Crippen molar-refractivity contribution in [3.8, 4) is 11.4 Å². The monoisotopic (exact) mass is 419 g/mol. The molecule has 0 aromatic carbocycles. The third-order valence-electron chi connectivity index (χ3n) is 7.00. The fourth-order valence-corrected chi connectivity index (χ4v) is 5.51. The topological polar surface area (TPSA) is 90.8 Å². The summed E-state index contributed by atoms with van der Waals surface area (Å²) < 4.78 is 5.77. The smallest absolute Gasteiger partial charge is 0.291 e. The number of aryl methyl sites for hydroxylation is 2. The minimum atomic E-state index is -0.0317. The number of aromatic nitrogens is 6. The Bertz CT molecular complexity index is 1240. The molecule has 0 N–H and O–H groups in total. The molecular formula is C22H25N7O2. The maximum atomic E-state index is 13.3. The van der Waals surface area contributed by atoms with E-state index in [0.29, 0.717) is 36.8 Å². The highest BCUT2D eigenvalue weighted by Crippen LogP contribution is 2.36. The number of nitrogens with zero attached hydrogens (tertiary/aromatic N) is 7. The molecule has 0 saturated carbocycles. The Morgan fingerprint density at radius 3 is 2.84 bits per heavy atom. The highest BCUT2D eigenvalue weighted by molar-refractivity contribution is 5.91. The van der Waals surface area contributed by atoms with Crippen LogP contribution in [0, 0.1) is 5.92 Å². The molecule has 3 aromatic rings. The average Bonchev–Trinajstić information content (AvgIpc) is 3.40. The van der Waals surface area contributed by atoms with Crippen molar-refractivity contribution in [3.63, 3.8) is 0 Å². The van der Waals surface area contributed by atoms with Gasteiger partial charge in [0.2, 0.25) is 5.82 Å². The summed E-state index contributed by atoms with van der Waals surface area (Å²) in [6, 6.07) is 3.92. The molecule has 0 unspecified atom stereocenters. The van der Waals surface area contributed by atoms with Crippen molar-refractivity contribution in [2.45, 2.75) is 44.7 Å². The lowest BCUT2D eigenvalue weighted by atomic mass is 9.83. The molecule has 6 heterocycles. The maximum Gasteiger partial charge on any atom is 0.291 e. The molecule has 3 aliphatic heterocycles. The number of carbonyl (C=O) groups excluding carboxylic acids is 1. The number of amides is 1. The predicted molar refractivity (Wildman–Crippen MR) is 113 cm³/mol. The Balaban J connectivity index is 1.31. The molecule has 160 valence electrons. The van der Waals surface area contributed by atoms with E-state index in [2.05, 4.69) is 15.2 Å². The fraction of sp³-hybridized carbons (Fsp3) is 0.500. The first kappa shape index (κ1) is 18.5. The molecule has 9 heteroatoms. The zero-order valence-corrected chi connectivity index (χ0v) is 17.6. The van der Waals surface area contributed by atoms with Gasteiger partial charge in [-0.1, -0.05) is 0 Å². The molecule has 2 bridgehead atoms. The zero-order chi connectivity index (χ0) is 21.1. The number of imidazole rings is 1. The molecule has 0 spiro atoms. The van der Waals surface area contributed by atoms with Crippen LogP contribution in [0.4, 0.5) is 0 Å². The van der Waals surface area contributed by atoms with Crippen LogP contribution in [0.5, 0.6) is 0 Å². The largest absolute Gasteiger partial charge is 0.335 e. The van der Waals surface area contributed by atoms with Crippen LogP contribution in [0.3, 0.4) is 0 Å². The second-order valence-electron chi connectivity index (χ2n) is 9.01. The summed E-state index contributed by atoms with van der Waals surface area (Å²) in [4.78, 5) is 32.8. The van der Waals surface area contributed by atoms with Crippen LogP contribution in [-0.4, -0.2) is 52.8 Å². The number of rotatable bonds is 2. The number of piperidine rings is 1. The van der Waals surface area contributed by atoms with Crippen molar-refractivity contribution < 1.29 is 4.79 Å². The first-order valence-electron chi connectivity index (χ1n) is 11.0. The van der Waals surface area contributed by atoms with E-state index in [1.165, 1.54) is 0 Å². The Labute approximate surface area is 179 Å². The Morgan fingerprint density at radius 1 is 1.10 bits per heavy atom. The summed E-state index contributed by atoms with van der Waals surface area (Å²) >= 11 is 0. The molecule has 31 heavy (non-hydrogen) atoms. The van der Waals surface area contributed by atoms with E-state index in [1.54, 1.807) is 6.20 Å². The van der Waals surface area contributed by atoms with Crippen LogP contribution in [0.25, 0.3) is 11.4 Å². The fourth-order valence-electron chi connectivity index (χ4n) is 5.51. The molecule has 0 radical (unpaired) electrons. The lowest BCUT2D eigenvalue weighted by Crippen LogP contribution is -2.49. The van der Waals surface area contributed by atoms with Crippen molar-refractivity contribution in [3.05, 3.63) is 52.2 Å². The minimum absolute atomic E-state index is 0.00722. The van der Waals surface area contributed by atoms with Gasteiger partial charge in [-0.15, -0.1) is 10.2 Å². The Morgan fingerprint density at radius 2 is 2.00 bits per heavy atom. The summed E-state index contributed by atoms with van der Waals surface area (Å²) in [5, 5.41) is 8.48. The summed E-state index contributed by atoms with van der Waals surface area (Å²) in [6.07, 6.45) is 7.61. The normalized spacial score (nSPS) is 22.2. The molecule has 6 rings (SSSR count). The first-order chi connectivity index (χ1) is 15.1. The second kappa shape index (κ2) is 6.90. The second-order valence-corrected chi connectivity index (χ2v) is 9.01. The van der Waals surface area contributed by atoms with Crippen LogP contribution < -0.4 is 5.56 Å². The lowest BCUT2D eigenvalue weighted by Gasteiger charge is -2.42. The van der Waals surface area contributed by atoms with E-state index >= 15 is 0 Å². The summed E-state index contributed by atoms with van der Waals surface area (Å²) in [5.74, 6) is 2.46. The lowest BCUT2D eigenvalue weighted by molar-refractivity contribution is 0.0576. The van der Waals surface area contributed by atoms with E-state index < -0.39 is 0 Å². The van der Waals surface area contributed by atoms with E-state index in [1.807, 2.05) is 44.0 Å². The number of hydrogen-bond acceptors (Lipinski definition) is 5. The number of likely N-dealkylation sites (tertiary alicyclic amines) is 1. The van der Waals surface area contributed by atoms with Gasteiger partial charge in [0.25, 0.3) is 11.5 Å². The van der Waals surface area contributed by atoms with E-state index in [4.69, 9.17) is 0 Å². The molecule has 1 fully saturated rings. The van der Waals surface area contributed by atoms with Crippen molar-refractivity contribution in [2.24, 2.45) is 13.0 Å². The van der Waals surface area contributed by atoms with Gasteiger partial charge >= 0.3 is 0 Å². The summed E-state index contributed by atoms with van der Waals surface area (Å²) in [5.41, 5.74) is 1.65. The molecule has 1 amide bonds. The van der Waals surface area contributed by atoms with Gasteiger partial charge in [0, 0.05) is 63.7 Å². The van der Waals surface area contributed by atoms with E-state index in [0.717, 1.165) is 43.7 Å². The van der Waals surface area contributed by atoms with Crippen molar-refractivity contribution in [1.82, 2.24) is 33.8 Å². The third kappa shape index (κ3) is 2.86. The number of fused-ring (bicyclic) bond motifs is 5. The number of pyridine rings is 1. The van der Waals surface area contributed by atoms with E-state index in [9.17, 15) is 9.59 Å². The van der Waals surface area contributed by atoms with Gasteiger partial charge < -0.3 is 18.6 Å². The molecule has 3 aromatic heterocycles. The van der Waals surface area contributed by atoms with Crippen LogP contribution >= 0.6 is 0 Å². The standard InChI is InChI=1S/C22H25N7O2/c1-26-9-7-23-19(26)16-5-6-17-15-10-14(12-29(17)21(16)30)11-27(13-15)22(31)20-25-24-18-4-2-3-8-28(18)20/h5-7,9,14-15H,2-4,8,10-13H2,1H3/t14-,15+/m0/s1. The SMILES string of the molecule is Cn1ccnc1-c1ccc2n(c1=O)C[C@H]1C[C@@H]2CN(C(=O)c2nnc3n2CCCC3)C1. The summed E-state index contributed by atoms with van der Waals surface area (Å²) in [6.45, 7) is 2.71. The number of hydrogen-bond donors (Lipinski definition) is 0. The molecule has 0 aliphatic carbocycles. The van der Waals surface area contributed by atoms with Gasteiger partial charge in [-0.25, -0.2) is 4.98 Å². The van der Waals surface area contributed by atoms with Gasteiger partial charge in [0.15, 0.2) is 0 Å². The predicted octanol–water partition coefficient (Wildman–Crippen LogP) is 1.44. The molecule has 3 aliphatic rings. The quantitative estimate of drug-likeness (QED) is 0.627. The van der Waals surface area contributed by atoms with Crippen LogP contribution in [0.1, 0.15) is 47.3 Å². The van der Waals surface area contributed by atoms with Crippen molar-refractivity contribution in [1.29, 1.82) is 0 Å². The van der Waals surface area contributed by atoms with Crippen LogP contribution in [0.2, 0.25) is 0 Å². The highest BCUT2D eigenvalue weighted by Gasteiger charge is 2.38. The third-order valence-corrected chi connectivity index (χ3v) is 7.00. The first-order valence-corrected chi connectivity index (χ1v) is 11.0. The number of carbonyl (C=O) groups is 1. The van der Waals surface area contributed by atoms with Crippen LogP contribution in [0.15, 0.2) is 29.3 Å². The van der Waals surface area contributed by atoms with Gasteiger partial charge in [-0.2, -0.15) is 0 Å². The molecule has 1 saturated heterocycles.